The molecule has 1 fully saturated rings. The van der Waals surface area contributed by atoms with E-state index in [2.05, 4.69) is 12.1 Å². The summed E-state index contributed by atoms with van der Waals surface area (Å²) in [6.45, 7) is 3.19. The molecule has 1 amide bonds. The first-order valence-corrected chi connectivity index (χ1v) is 8.85. The van der Waals surface area contributed by atoms with Crippen molar-refractivity contribution in [1.29, 1.82) is 0 Å². The van der Waals surface area contributed by atoms with Crippen LogP contribution < -0.4 is 0 Å². The van der Waals surface area contributed by atoms with E-state index in [9.17, 15) is 9.59 Å². The molecule has 0 radical (unpaired) electrons. The average molecular weight is 327 g/mol. The molecule has 3 rings (SSSR count). The van der Waals surface area contributed by atoms with E-state index in [1.54, 1.807) is 6.08 Å². The van der Waals surface area contributed by atoms with Crippen LogP contribution in [0.1, 0.15) is 44.6 Å². The quantitative estimate of drug-likeness (QED) is 0.804. The highest BCUT2D eigenvalue weighted by Gasteiger charge is 2.34. The minimum atomic E-state index is 0.147. The van der Waals surface area contributed by atoms with Crippen LogP contribution in [0.5, 0.6) is 0 Å². The van der Waals surface area contributed by atoms with Crippen LogP contribution in [-0.2, 0) is 20.9 Å². The van der Waals surface area contributed by atoms with Crippen molar-refractivity contribution in [3.05, 3.63) is 47.7 Å². The van der Waals surface area contributed by atoms with E-state index in [1.165, 1.54) is 0 Å². The van der Waals surface area contributed by atoms with Gasteiger partial charge in [0.2, 0.25) is 5.91 Å². The Hall–Kier alpha value is -2.10. The van der Waals surface area contributed by atoms with Gasteiger partial charge in [0.25, 0.3) is 0 Å². The molecule has 1 aromatic rings. The maximum absolute atomic E-state index is 12.3. The molecule has 1 heterocycles. The number of carbonyl (C=O) groups excluding carboxylic acids is 2. The fourth-order valence-electron chi connectivity index (χ4n) is 3.81. The van der Waals surface area contributed by atoms with Gasteiger partial charge in [0.05, 0.1) is 12.4 Å². The number of hydrogen-bond donors (Lipinski definition) is 0. The van der Waals surface area contributed by atoms with Crippen molar-refractivity contribution in [2.75, 3.05) is 6.61 Å². The third-order valence-corrected chi connectivity index (χ3v) is 4.89. The molecule has 1 aliphatic carbocycles. The lowest BCUT2D eigenvalue weighted by Gasteiger charge is -2.30. The van der Waals surface area contributed by atoms with E-state index >= 15 is 0 Å². The third kappa shape index (κ3) is 4.05. The third-order valence-electron chi connectivity index (χ3n) is 4.89. The SMILES string of the molecule is CCOC1=CC(=O)C[C@@H](CC2CCC(=O)N2Cc2ccccc2)C1. The molecule has 0 bridgehead atoms. The Balaban J connectivity index is 1.64. The fraction of sp³-hybridized carbons (Fsp3) is 0.500. The largest absolute Gasteiger partial charge is 0.498 e. The number of likely N-dealkylation sites (tertiary alicyclic amines) is 1. The van der Waals surface area contributed by atoms with Crippen LogP contribution in [0.2, 0.25) is 0 Å². The highest BCUT2D eigenvalue weighted by Crippen LogP contribution is 2.32. The number of rotatable bonds is 6. The smallest absolute Gasteiger partial charge is 0.223 e. The van der Waals surface area contributed by atoms with Crippen molar-refractivity contribution in [2.24, 2.45) is 5.92 Å². The Morgan fingerprint density at radius 1 is 1.17 bits per heavy atom. The van der Waals surface area contributed by atoms with Crippen LogP contribution >= 0.6 is 0 Å². The zero-order valence-electron chi connectivity index (χ0n) is 14.2. The summed E-state index contributed by atoms with van der Waals surface area (Å²) in [4.78, 5) is 26.2. The van der Waals surface area contributed by atoms with Crippen LogP contribution in [-0.4, -0.2) is 29.2 Å². The Bertz CT molecular complexity index is 623. The molecule has 2 atom stereocenters. The summed E-state index contributed by atoms with van der Waals surface area (Å²) in [6, 6.07) is 10.3. The van der Waals surface area contributed by atoms with E-state index < -0.39 is 0 Å². The Morgan fingerprint density at radius 3 is 2.71 bits per heavy atom. The van der Waals surface area contributed by atoms with Gasteiger partial charge in [-0.15, -0.1) is 0 Å². The molecule has 0 saturated carbocycles. The molecular formula is C20H25NO3. The van der Waals surface area contributed by atoms with Gasteiger partial charge in [-0.05, 0) is 31.2 Å². The van der Waals surface area contributed by atoms with Gasteiger partial charge in [0, 0.05) is 37.9 Å². The molecule has 0 N–H and O–H groups in total. The molecule has 0 aromatic heterocycles. The summed E-state index contributed by atoms with van der Waals surface area (Å²) in [5.74, 6) is 1.45. The molecule has 1 saturated heterocycles. The monoisotopic (exact) mass is 327 g/mol. The summed E-state index contributed by atoms with van der Waals surface area (Å²) >= 11 is 0. The zero-order valence-corrected chi connectivity index (χ0v) is 14.2. The number of benzene rings is 1. The lowest BCUT2D eigenvalue weighted by Crippen LogP contribution is -2.34. The van der Waals surface area contributed by atoms with Crippen molar-refractivity contribution in [3.8, 4) is 0 Å². The van der Waals surface area contributed by atoms with Crippen molar-refractivity contribution < 1.29 is 14.3 Å². The highest BCUT2D eigenvalue weighted by atomic mass is 16.5. The zero-order chi connectivity index (χ0) is 16.9. The summed E-state index contributed by atoms with van der Waals surface area (Å²) in [5.41, 5.74) is 1.16. The lowest BCUT2D eigenvalue weighted by atomic mass is 9.86. The topological polar surface area (TPSA) is 46.6 Å². The predicted octanol–water partition coefficient (Wildman–Crippen LogP) is 3.47. The van der Waals surface area contributed by atoms with Gasteiger partial charge in [-0.25, -0.2) is 0 Å². The minimum absolute atomic E-state index is 0.147. The van der Waals surface area contributed by atoms with Crippen LogP contribution in [0.4, 0.5) is 0 Å². The molecule has 1 unspecified atom stereocenters. The summed E-state index contributed by atoms with van der Waals surface area (Å²) in [6.07, 6.45) is 5.41. The number of ether oxygens (including phenoxy) is 1. The fourth-order valence-corrected chi connectivity index (χ4v) is 3.81. The van der Waals surface area contributed by atoms with Gasteiger partial charge in [-0.3, -0.25) is 9.59 Å². The van der Waals surface area contributed by atoms with Crippen LogP contribution in [0.3, 0.4) is 0 Å². The first-order chi connectivity index (χ1) is 11.7. The molecule has 4 heteroatoms. The van der Waals surface area contributed by atoms with Gasteiger partial charge in [0.1, 0.15) is 0 Å². The van der Waals surface area contributed by atoms with E-state index in [0.29, 0.717) is 26.0 Å². The first kappa shape index (κ1) is 16.7. The van der Waals surface area contributed by atoms with Crippen LogP contribution in [0.15, 0.2) is 42.2 Å². The summed E-state index contributed by atoms with van der Waals surface area (Å²) < 4.78 is 5.55. The van der Waals surface area contributed by atoms with Gasteiger partial charge in [0.15, 0.2) is 5.78 Å². The maximum atomic E-state index is 12.3. The van der Waals surface area contributed by atoms with E-state index in [0.717, 1.165) is 30.6 Å². The van der Waals surface area contributed by atoms with Crippen molar-refractivity contribution in [3.63, 3.8) is 0 Å². The number of ketones is 1. The highest BCUT2D eigenvalue weighted by molar-refractivity contribution is 5.91. The Labute approximate surface area is 143 Å². The van der Waals surface area contributed by atoms with Crippen molar-refractivity contribution in [1.82, 2.24) is 4.90 Å². The number of amides is 1. The number of nitrogens with zero attached hydrogens (tertiary/aromatic N) is 1. The number of allylic oxidation sites excluding steroid dienone is 2. The van der Waals surface area contributed by atoms with E-state index in [-0.39, 0.29) is 23.7 Å². The lowest BCUT2D eigenvalue weighted by molar-refractivity contribution is -0.129. The van der Waals surface area contributed by atoms with Crippen LogP contribution in [0.25, 0.3) is 0 Å². The molecule has 128 valence electrons. The van der Waals surface area contributed by atoms with Gasteiger partial charge >= 0.3 is 0 Å². The number of carbonyl (C=O) groups is 2. The molecule has 0 spiro atoms. The second-order valence-electron chi connectivity index (χ2n) is 6.72. The van der Waals surface area contributed by atoms with E-state index in [4.69, 9.17) is 4.74 Å². The van der Waals surface area contributed by atoms with Gasteiger partial charge in [-0.2, -0.15) is 0 Å². The minimum Gasteiger partial charge on any atom is -0.498 e. The van der Waals surface area contributed by atoms with E-state index in [1.807, 2.05) is 30.0 Å². The molecular weight excluding hydrogens is 302 g/mol. The average Bonchev–Trinajstić information content (AvgIpc) is 2.89. The molecule has 1 aliphatic heterocycles. The summed E-state index contributed by atoms with van der Waals surface area (Å²) in [5, 5.41) is 0. The number of hydrogen-bond acceptors (Lipinski definition) is 3. The molecule has 2 aliphatic rings. The Morgan fingerprint density at radius 2 is 1.96 bits per heavy atom. The second-order valence-corrected chi connectivity index (χ2v) is 6.72. The standard InChI is InChI=1S/C20H25NO3/c1-2-24-19-12-16(11-18(22)13-19)10-17-8-9-20(23)21(17)14-15-6-4-3-5-7-15/h3-7,13,16-17H,2,8-12,14H2,1H3/t16-,17?/m1/s1. The van der Waals surface area contributed by atoms with Crippen molar-refractivity contribution in [2.45, 2.75) is 51.6 Å². The molecule has 1 aromatic carbocycles. The van der Waals surface area contributed by atoms with Gasteiger partial charge < -0.3 is 9.64 Å². The second kappa shape index (κ2) is 7.65. The van der Waals surface area contributed by atoms with Gasteiger partial charge in [-0.1, -0.05) is 30.3 Å². The first-order valence-electron chi connectivity index (χ1n) is 8.85. The maximum Gasteiger partial charge on any atom is 0.223 e. The predicted molar refractivity (Wildman–Crippen MR) is 92.1 cm³/mol. The van der Waals surface area contributed by atoms with Crippen LogP contribution in [0, 0.1) is 5.92 Å². The Kier molecular flexibility index (Phi) is 5.34. The summed E-state index contributed by atoms with van der Waals surface area (Å²) in [7, 11) is 0. The normalized spacial score (nSPS) is 24.2. The molecule has 4 nitrogen and oxygen atoms in total. The van der Waals surface area contributed by atoms with Crippen molar-refractivity contribution >= 4 is 11.7 Å². The molecule has 24 heavy (non-hydrogen) atoms.